The van der Waals surface area contributed by atoms with Gasteiger partial charge in [-0.1, -0.05) is 23.7 Å². The minimum atomic E-state index is -0.0646. The summed E-state index contributed by atoms with van der Waals surface area (Å²) in [5, 5.41) is 7.36. The smallest absolute Gasteiger partial charge is 0.243 e. The third kappa shape index (κ3) is 5.61. The van der Waals surface area contributed by atoms with E-state index in [0.29, 0.717) is 12.5 Å². The first kappa shape index (κ1) is 20.5. The van der Waals surface area contributed by atoms with Crippen molar-refractivity contribution in [1.82, 2.24) is 15.5 Å². The zero-order chi connectivity index (χ0) is 19.0. The molecule has 1 aliphatic rings. The van der Waals surface area contributed by atoms with Crippen LogP contribution in [0.4, 0.5) is 0 Å². The molecular weight excluding hydrogens is 352 g/mol. The van der Waals surface area contributed by atoms with Crippen LogP contribution in [0.25, 0.3) is 0 Å². The minimum Gasteiger partial charge on any atom is -0.381 e. The number of benzene rings is 1. The van der Waals surface area contributed by atoms with E-state index in [1.165, 1.54) is 5.56 Å². The fourth-order valence-electron chi connectivity index (χ4n) is 3.03. The van der Waals surface area contributed by atoms with Gasteiger partial charge < -0.3 is 20.3 Å². The molecule has 1 fully saturated rings. The number of carbonyl (C=O) groups is 1. The molecule has 1 heterocycles. The summed E-state index contributed by atoms with van der Waals surface area (Å²) in [6.45, 7) is 5.01. The van der Waals surface area contributed by atoms with Crippen LogP contribution in [0, 0.1) is 0 Å². The molecule has 0 aliphatic carbocycles. The highest BCUT2D eigenvalue weighted by Gasteiger charge is 2.34. The van der Waals surface area contributed by atoms with Gasteiger partial charge in [-0.15, -0.1) is 0 Å². The summed E-state index contributed by atoms with van der Waals surface area (Å²) >= 11 is 6.22. The molecule has 144 valence electrons. The first-order chi connectivity index (χ1) is 12.5. The molecule has 1 saturated heterocycles. The number of hydrogen-bond acceptors (Lipinski definition) is 3. The minimum absolute atomic E-state index is 0.0298. The first-order valence-corrected chi connectivity index (χ1v) is 9.41. The van der Waals surface area contributed by atoms with Crippen molar-refractivity contribution in [2.75, 3.05) is 46.9 Å². The number of carbonyl (C=O) groups excluding carboxylic acids is 1. The highest BCUT2D eigenvalue weighted by Crippen LogP contribution is 2.35. The van der Waals surface area contributed by atoms with Crippen LogP contribution in [0.5, 0.6) is 0 Å². The maximum absolute atomic E-state index is 11.8. The van der Waals surface area contributed by atoms with Crippen LogP contribution < -0.4 is 10.6 Å². The lowest BCUT2D eigenvalue weighted by molar-refractivity contribution is -0.127. The van der Waals surface area contributed by atoms with Gasteiger partial charge in [0.2, 0.25) is 5.91 Å². The number of guanidine groups is 1. The van der Waals surface area contributed by atoms with Crippen molar-refractivity contribution in [3.8, 4) is 0 Å². The number of likely N-dealkylation sites (N-methyl/N-ethyl adjacent to an activating group) is 1. The molecule has 0 atom stereocenters. The molecule has 1 aromatic rings. The quantitative estimate of drug-likeness (QED) is 0.585. The molecule has 0 saturated carbocycles. The number of hydrogen-bond donors (Lipinski definition) is 2. The molecule has 26 heavy (non-hydrogen) atoms. The van der Waals surface area contributed by atoms with Crippen molar-refractivity contribution in [2.24, 2.45) is 4.99 Å². The van der Waals surface area contributed by atoms with E-state index in [-0.39, 0.29) is 17.9 Å². The van der Waals surface area contributed by atoms with Gasteiger partial charge in [0.15, 0.2) is 5.96 Å². The molecule has 0 radical (unpaired) electrons. The van der Waals surface area contributed by atoms with Gasteiger partial charge in [-0.25, -0.2) is 4.99 Å². The number of nitrogens with zero attached hydrogens (tertiary/aromatic N) is 2. The average Bonchev–Trinajstić information content (AvgIpc) is 2.64. The number of rotatable bonds is 6. The fourth-order valence-corrected chi connectivity index (χ4v) is 3.22. The maximum atomic E-state index is 11.8. The van der Waals surface area contributed by atoms with Crippen LogP contribution in [-0.2, 0) is 14.9 Å². The second-order valence-corrected chi connectivity index (χ2v) is 7.18. The number of halogens is 1. The summed E-state index contributed by atoms with van der Waals surface area (Å²) in [5.41, 5.74) is 1.14. The Morgan fingerprint density at radius 3 is 2.65 bits per heavy atom. The van der Waals surface area contributed by atoms with Gasteiger partial charge in [0.1, 0.15) is 6.54 Å². The van der Waals surface area contributed by atoms with Crippen LogP contribution >= 0.6 is 11.6 Å². The molecule has 0 bridgehead atoms. The first-order valence-electron chi connectivity index (χ1n) is 9.03. The largest absolute Gasteiger partial charge is 0.381 e. The molecule has 6 nitrogen and oxygen atoms in total. The Balaban J connectivity index is 2.14. The monoisotopic (exact) mass is 380 g/mol. The second-order valence-electron chi connectivity index (χ2n) is 6.74. The normalized spacial score (nSPS) is 16.8. The summed E-state index contributed by atoms with van der Waals surface area (Å²) in [6, 6.07) is 8.04. The topological polar surface area (TPSA) is 66.0 Å². The van der Waals surface area contributed by atoms with Crippen LogP contribution in [-0.4, -0.2) is 63.7 Å². The fraction of sp³-hybridized carbons (Fsp3) is 0.579. The third-order valence-corrected chi connectivity index (χ3v) is 4.93. The maximum Gasteiger partial charge on any atom is 0.243 e. The zero-order valence-electron chi connectivity index (χ0n) is 15.8. The van der Waals surface area contributed by atoms with E-state index < -0.39 is 0 Å². The highest BCUT2D eigenvalue weighted by atomic mass is 35.5. The Morgan fingerprint density at radius 1 is 1.31 bits per heavy atom. The Morgan fingerprint density at radius 2 is 2.04 bits per heavy atom. The SMILES string of the molecule is CCNC(=NCC(=O)N(C)C)NCC1(c2cccc(Cl)c2)CCOCC1. The lowest BCUT2D eigenvalue weighted by Gasteiger charge is -2.38. The van der Waals surface area contributed by atoms with Gasteiger partial charge in [-0.3, -0.25) is 4.79 Å². The van der Waals surface area contributed by atoms with Crippen LogP contribution in [0.2, 0.25) is 5.02 Å². The number of amides is 1. The van der Waals surface area contributed by atoms with Gasteiger partial charge in [-0.2, -0.15) is 0 Å². The lowest BCUT2D eigenvalue weighted by Crippen LogP contribution is -2.48. The van der Waals surface area contributed by atoms with Crippen LogP contribution in [0.15, 0.2) is 29.3 Å². The zero-order valence-corrected chi connectivity index (χ0v) is 16.6. The molecular formula is C19H29ClN4O2. The van der Waals surface area contributed by atoms with Crippen LogP contribution in [0.3, 0.4) is 0 Å². The Hall–Kier alpha value is -1.79. The molecule has 1 aromatic carbocycles. The second kappa shape index (κ2) is 9.78. The number of nitrogens with one attached hydrogen (secondary N) is 2. The predicted molar refractivity (Wildman–Crippen MR) is 106 cm³/mol. The van der Waals surface area contributed by atoms with Crippen molar-refractivity contribution >= 4 is 23.5 Å². The van der Waals surface area contributed by atoms with Crippen molar-refractivity contribution in [2.45, 2.75) is 25.2 Å². The average molecular weight is 381 g/mol. The third-order valence-electron chi connectivity index (χ3n) is 4.70. The predicted octanol–water partition coefficient (Wildman–Crippen LogP) is 2.03. The molecule has 7 heteroatoms. The number of ether oxygens (including phenoxy) is 1. The van der Waals surface area contributed by atoms with Crippen molar-refractivity contribution in [1.29, 1.82) is 0 Å². The van der Waals surface area contributed by atoms with Gasteiger partial charge in [0.25, 0.3) is 0 Å². The van der Waals surface area contributed by atoms with Gasteiger partial charge in [-0.05, 0) is 37.5 Å². The molecule has 0 unspecified atom stereocenters. The summed E-state index contributed by atoms with van der Waals surface area (Å²) in [5.74, 6) is 0.619. The van der Waals surface area contributed by atoms with Gasteiger partial charge in [0.05, 0.1) is 0 Å². The summed E-state index contributed by atoms with van der Waals surface area (Å²) < 4.78 is 5.58. The van der Waals surface area contributed by atoms with E-state index in [9.17, 15) is 4.79 Å². The van der Waals surface area contributed by atoms with E-state index in [2.05, 4.69) is 21.7 Å². The lowest BCUT2D eigenvalue weighted by atomic mass is 9.74. The number of aliphatic imine (C=N–C) groups is 1. The van der Waals surface area contributed by atoms with Crippen molar-refractivity contribution in [3.05, 3.63) is 34.9 Å². The molecule has 1 aliphatic heterocycles. The Kier molecular flexibility index (Phi) is 7.72. The van der Waals surface area contributed by atoms with E-state index in [1.807, 2.05) is 25.1 Å². The van der Waals surface area contributed by atoms with Gasteiger partial charge in [0, 0.05) is 50.8 Å². The summed E-state index contributed by atoms with van der Waals surface area (Å²) in [7, 11) is 3.46. The summed E-state index contributed by atoms with van der Waals surface area (Å²) in [6.07, 6.45) is 1.83. The molecule has 0 aromatic heterocycles. The van der Waals surface area contributed by atoms with E-state index in [1.54, 1.807) is 19.0 Å². The molecule has 2 rings (SSSR count). The standard InChI is InChI=1S/C19H29ClN4O2/c1-4-21-18(22-13-17(25)24(2)3)23-14-19(8-10-26-11-9-19)15-6-5-7-16(20)12-15/h5-7,12H,4,8-11,13-14H2,1-3H3,(H2,21,22,23). The molecule has 2 N–H and O–H groups in total. The Bertz CT molecular complexity index is 628. The van der Waals surface area contributed by atoms with Crippen molar-refractivity contribution in [3.63, 3.8) is 0 Å². The van der Waals surface area contributed by atoms with Crippen molar-refractivity contribution < 1.29 is 9.53 Å². The Labute approximate surface area is 161 Å². The van der Waals surface area contributed by atoms with Crippen LogP contribution in [0.1, 0.15) is 25.3 Å². The van der Waals surface area contributed by atoms with E-state index in [0.717, 1.165) is 37.6 Å². The molecule has 1 amide bonds. The van der Waals surface area contributed by atoms with E-state index in [4.69, 9.17) is 16.3 Å². The highest BCUT2D eigenvalue weighted by molar-refractivity contribution is 6.30. The molecule has 0 spiro atoms. The summed E-state index contributed by atoms with van der Waals surface area (Å²) in [4.78, 5) is 17.8. The van der Waals surface area contributed by atoms with E-state index >= 15 is 0 Å². The van der Waals surface area contributed by atoms with Gasteiger partial charge >= 0.3 is 0 Å².